The van der Waals surface area contributed by atoms with E-state index in [4.69, 9.17) is 18.9 Å². The van der Waals surface area contributed by atoms with Crippen LogP contribution in [0.4, 0.5) is 4.79 Å². The van der Waals surface area contributed by atoms with E-state index in [2.05, 4.69) is 10.6 Å². The molecule has 1 fully saturated rings. The number of rotatable bonds is 8. The van der Waals surface area contributed by atoms with Gasteiger partial charge in [0.25, 0.3) is 5.91 Å². The van der Waals surface area contributed by atoms with E-state index in [1.807, 2.05) is 0 Å². The lowest BCUT2D eigenvalue weighted by Gasteiger charge is -2.12. The van der Waals surface area contributed by atoms with Crippen LogP contribution in [0.25, 0.3) is 6.08 Å². The molecule has 0 saturated heterocycles. The van der Waals surface area contributed by atoms with E-state index in [1.165, 1.54) is 27.4 Å². The molecule has 0 unspecified atom stereocenters. The normalized spacial score (nSPS) is 13.8. The van der Waals surface area contributed by atoms with Gasteiger partial charge in [0.15, 0.2) is 18.1 Å². The summed E-state index contributed by atoms with van der Waals surface area (Å²) in [5, 5.41) is 4.86. The number of hydrogen-bond donors (Lipinski definition) is 2. The predicted octanol–water partition coefficient (Wildman–Crippen LogP) is 2.04. The Hall–Kier alpha value is -3.23. The molecule has 3 amide bonds. The molecule has 2 N–H and O–H groups in total. The SMILES string of the molecule is COc1cc(/C=C/C(=O)OCC(=O)NC(=O)NC2CCCC2)cc(OC)c1OC. The molecule has 9 heteroatoms. The van der Waals surface area contributed by atoms with E-state index >= 15 is 0 Å². The van der Waals surface area contributed by atoms with Crippen LogP contribution in [0.5, 0.6) is 17.2 Å². The average molecular weight is 406 g/mol. The van der Waals surface area contributed by atoms with Crippen LogP contribution < -0.4 is 24.8 Å². The molecule has 2 rings (SSSR count). The summed E-state index contributed by atoms with van der Waals surface area (Å²) in [7, 11) is 4.47. The van der Waals surface area contributed by atoms with Gasteiger partial charge in [0.2, 0.25) is 5.75 Å². The summed E-state index contributed by atoms with van der Waals surface area (Å²) >= 11 is 0. The second kappa shape index (κ2) is 10.9. The molecule has 0 aliphatic heterocycles. The summed E-state index contributed by atoms with van der Waals surface area (Å²) in [5.74, 6) is -0.123. The summed E-state index contributed by atoms with van der Waals surface area (Å²) < 4.78 is 20.6. The highest BCUT2D eigenvalue weighted by Crippen LogP contribution is 2.38. The minimum absolute atomic E-state index is 0.0896. The highest BCUT2D eigenvalue weighted by Gasteiger charge is 2.18. The second-order valence-electron chi connectivity index (χ2n) is 6.40. The number of carbonyl (C=O) groups is 3. The van der Waals surface area contributed by atoms with Crippen LogP contribution in [0.1, 0.15) is 31.2 Å². The zero-order chi connectivity index (χ0) is 21.2. The Labute approximate surface area is 169 Å². The maximum Gasteiger partial charge on any atom is 0.331 e. The molecule has 1 aliphatic rings. The summed E-state index contributed by atoms with van der Waals surface area (Å²) in [5.41, 5.74) is 0.608. The standard InChI is InChI=1S/C20H26N2O7/c1-26-15-10-13(11-16(27-2)19(15)28-3)8-9-18(24)29-12-17(23)22-20(25)21-14-6-4-5-7-14/h8-11,14H,4-7,12H2,1-3H3,(H2,21,22,23,25)/b9-8+. The predicted molar refractivity (Wildman–Crippen MR) is 105 cm³/mol. The number of methoxy groups -OCH3 is 3. The third-order valence-corrected chi connectivity index (χ3v) is 4.39. The third-order valence-electron chi connectivity index (χ3n) is 4.39. The molecule has 0 radical (unpaired) electrons. The van der Waals surface area contributed by atoms with Crippen molar-refractivity contribution in [2.75, 3.05) is 27.9 Å². The second-order valence-corrected chi connectivity index (χ2v) is 6.40. The van der Waals surface area contributed by atoms with Crippen LogP contribution in [0, 0.1) is 0 Å². The summed E-state index contributed by atoms with van der Waals surface area (Å²) in [4.78, 5) is 35.3. The van der Waals surface area contributed by atoms with Crippen molar-refractivity contribution in [2.45, 2.75) is 31.7 Å². The largest absolute Gasteiger partial charge is 0.493 e. The van der Waals surface area contributed by atoms with Crippen molar-refractivity contribution < 1.29 is 33.3 Å². The Morgan fingerprint density at radius 1 is 1.03 bits per heavy atom. The molecule has 1 aromatic rings. The number of urea groups is 1. The van der Waals surface area contributed by atoms with Crippen LogP contribution in [0.2, 0.25) is 0 Å². The first-order valence-corrected chi connectivity index (χ1v) is 9.22. The molecule has 1 saturated carbocycles. The fourth-order valence-corrected chi connectivity index (χ4v) is 3.00. The Bertz CT molecular complexity index is 745. The van der Waals surface area contributed by atoms with Crippen molar-refractivity contribution in [2.24, 2.45) is 0 Å². The Morgan fingerprint density at radius 2 is 1.66 bits per heavy atom. The number of carbonyl (C=O) groups excluding carboxylic acids is 3. The number of ether oxygens (including phenoxy) is 4. The zero-order valence-electron chi connectivity index (χ0n) is 16.8. The molecule has 1 aromatic carbocycles. The van der Waals surface area contributed by atoms with Crippen molar-refractivity contribution in [3.8, 4) is 17.2 Å². The topological polar surface area (TPSA) is 112 Å². The van der Waals surface area contributed by atoms with Gasteiger partial charge in [-0.2, -0.15) is 0 Å². The van der Waals surface area contributed by atoms with Gasteiger partial charge in [-0.15, -0.1) is 0 Å². The molecular formula is C20H26N2O7. The fraction of sp³-hybridized carbons (Fsp3) is 0.450. The van der Waals surface area contributed by atoms with Crippen LogP contribution in [-0.4, -0.2) is 51.9 Å². The minimum atomic E-state index is -0.731. The summed E-state index contributed by atoms with van der Waals surface area (Å²) in [6, 6.07) is 2.83. The first kappa shape index (κ1) is 22.1. The number of amides is 3. The molecule has 0 spiro atoms. The Kier molecular flexibility index (Phi) is 8.32. The summed E-state index contributed by atoms with van der Waals surface area (Å²) in [6.45, 7) is -0.559. The monoisotopic (exact) mass is 406 g/mol. The van der Waals surface area contributed by atoms with Gasteiger partial charge < -0.3 is 24.3 Å². The van der Waals surface area contributed by atoms with Gasteiger partial charge in [0.1, 0.15) is 0 Å². The molecule has 0 aromatic heterocycles. The number of esters is 1. The van der Waals surface area contributed by atoms with E-state index in [0.29, 0.717) is 22.8 Å². The van der Waals surface area contributed by atoms with Gasteiger partial charge in [0, 0.05) is 12.1 Å². The van der Waals surface area contributed by atoms with Gasteiger partial charge >= 0.3 is 12.0 Å². The maximum atomic E-state index is 11.8. The van der Waals surface area contributed by atoms with Crippen molar-refractivity contribution in [1.82, 2.24) is 10.6 Å². The van der Waals surface area contributed by atoms with Crippen LogP contribution in [0.3, 0.4) is 0 Å². The smallest absolute Gasteiger partial charge is 0.331 e. The van der Waals surface area contributed by atoms with Crippen molar-refractivity contribution in [1.29, 1.82) is 0 Å². The third kappa shape index (κ3) is 6.70. The molecule has 0 bridgehead atoms. The highest BCUT2D eigenvalue weighted by atomic mass is 16.5. The summed E-state index contributed by atoms with van der Waals surface area (Å²) in [6.07, 6.45) is 6.58. The van der Waals surface area contributed by atoms with Gasteiger partial charge in [0.05, 0.1) is 21.3 Å². The highest BCUT2D eigenvalue weighted by molar-refractivity contribution is 5.96. The molecule has 9 nitrogen and oxygen atoms in total. The van der Waals surface area contributed by atoms with Gasteiger partial charge in [-0.25, -0.2) is 9.59 Å². The molecule has 29 heavy (non-hydrogen) atoms. The first-order chi connectivity index (χ1) is 14.0. The van der Waals surface area contributed by atoms with Crippen LogP contribution >= 0.6 is 0 Å². The minimum Gasteiger partial charge on any atom is -0.493 e. The molecule has 0 heterocycles. The van der Waals surface area contributed by atoms with E-state index in [1.54, 1.807) is 12.1 Å². The number of nitrogens with one attached hydrogen (secondary N) is 2. The maximum absolute atomic E-state index is 11.8. The molecule has 0 atom stereocenters. The molecule has 158 valence electrons. The van der Waals surface area contributed by atoms with Gasteiger partial charge in [-0.05, 0) is 36.6 Å². The van der Waals surface area contributed by atoms with E-state index in [-0.39, 0.29) is 6.04 Å². The van der Waals surface area contributed by atoms with Crippen molar-refractivity contribution in [3.05, 3.63) is 23.8 Å². The number of hydrogen-bond acceptors (Lipinski definition) is 7. The van der Waals surface area contributed by atoms with E-state index in [9.17, 15) is 14.4 Å². The molecule has 1 aliphatic carbocycles. The quantitative estimate of drug-likeness (QED) is 0.502. The lowest BCUT2D eigenvalue weighted by Crippen LogP contribution is -2.44. The number of imide groups is 1. The lowest BCUT2D eigenvalue weighted by atomic mass is 10.1. The fourth-order valence-electron chi connectivity index (χ4n) is 3.00. The average Bonchev–Trinajstić information content (AvgIpc) is 3.22. The Morgan fingerprint density at radius 3 is 2.21 bits per heavy atom. The Balaban J connectivity index is 1.84. The lowest BCUT2D eigenvalue weighted by molar-refractivity contribution is -0.143. The van der Waals surface area contributed by atoms with E-state index in [0.717, 1.165) is 31.8 Å². The van der Waals surface area contributed by atoms with Gasteiger partial charge in [-0.3, -0.25) is 10.1 Å². The van der Waals surface area contributed by atoms with Crippen LogP contribution in [-0.2, 0) is 14.3 Å². The van der Waals surface area contributed by atoms with Crippen LogP contribution in [0.15, 0.2) is 18.2 Å². The van der Waals surface area contributed by atoms with E-state index < -0.39 is 24.5 Å². The van der Waals surface area contributed by atoms with Gasteiger partial charge in [-0.1, -0.05) is 12.8 Å². The van der Waals surface area contributed by atoms with Crippen molar-refractivity contribution >= 4 is 24.0 Å². The molecular weight excluding hydrogens is 380 g/mol. The van der Waals surface area contributed by atoms with Crippen molar-refractivity contribution in [3.63, 3.8) is 0 Å². The zero-order valence-corrected chi connectivity index (χ0v) is 16.8. The first-order valence-electron chi connectivity index (χ1n) is 9.22. The number of benzene rings is 1.